The molecule has 2 aromatic rings. The summed E-state index contributed by atoms with van der Waals surface area (Å²) in [6.45, 7) is 3.06. The number of aromatic amines is 1. The molecule has 180 valence electrons. The third kappa shape index (κ3) is 5.68. The molecule has 0 unspecified atom stereocenters. The van der Waals surface area contributed by atoms with Crippen LogP contribution in [0.3, 0.4) is 0 Å². The molecule has 0 radical (unpaired) electrons. The molecule has 1 aromatic heterocycles. The number of nitrogens with zero attached hydrogens (tertiary/aromatic N) is 1. The number of fused-ring (bicyclic) bond motifs is 1. The molecular weight excluding hydrogens is 434 g/mol. The van der Waals surface area contributed by atoms with Crippen molar-refractivity contribution in [3.63, 3.8) is 0 Å². The van der Waals surface area contributed by atoms with Gasteiger partial charge in [0, 0.05) is 23.4 Å². The minimum absolute atomic E-state index is 0.0752. The van der Waals surface area contributed by atoms with E-state index in [-0.39, 0.29) is 24.2 Å². The molecule has 0 bridgehead atoms. The van der Waals surface area contributed by atoms with Crippen LogP contribution in [0, 0.1) is 23.2 Å². The smallest absolute Gasteiger partial charge is 0.268 e. The van der Waals surface area contributed by atoms with Gasteiger partial charge in [-0.25, -0.2) is 0 Å². The van der Waals surface area contributed by atoms with Gasteiger partial charge in [0.1, 0.15) is 23.5 Å². The number of carbonyl (C=O) groups excluding carboxylic acids is 3. The number of aromatic nitrogens is 1. The predicted molar refractivity (Wildman–Crippen MR) is 126 cm³/mol. The molecule has 1 aliphatic heterocycles. The fourth-order valence-corrected chi connectivity index (χ4v) is 4.45. The van der Waals surface area contributed by atoms with Crippen molar-refractivity contribution in [3.8, 4) is 11.8 Å². The van der Waals surface area contributed by atoms with Gasteiger partial charge in [0.05, 0.1) is 12.7 Å². The van der Waals surface area contributed by atoms with Gasteiger partial charge in [-0.15, -0.1) is 0 Å². The Balaban J connectivity index is 1.44. The Hall–Kier alpha value is -3.54. The number of benzene rings is 1. The summed E-state index contributed by atoms with van der Waals surface area (Å²) in [4.78, 5) is 41.3. The van der Waals surface area contributed by atoms with Crippen molar-refractivity contribution in [2.45, 2.75) is 57.5 Å². The second-order valence-electron chi connectivity index (χ2n) is 9.09. The number of hydrogen-bond acceptors (Lipinski definition) is 5. The van der Waals surface area contributed by atoms with E-state index in [9.17, 15) is 19.6 Å². The number of H-pyrrole nitrogens is 1. The maximum atomic E-state index is 13.1. The topological polar surface area (TPSA) is 136 Å². The molecule has 4 N–H and O–H groups in total. The van der Waals surface area contributed by atoms with Crippen molar-refractivity contribution in [1.82, 2.24) is 20.9 Å². The summed E-state index contributed by atoms with van der Waals surface area (Å²) in [5, 5.41) is 18.8. The Kier molecular flexibility index (Phi) is 7.36. The summed E-state index contributed by atoms with van der Waals surface area (Å²) in [6, 6.07) is 7.84. The van der Waals surface area contributed by atoms with Gasteiger partial charge >= 0.3 is 0 Å². The number of ether oxygens (including phenoxy) is 1. The zero-order valence-corrected chi connectivity index (χ0v) is 19.4. The average Bonchev–Trinajstić information content (AvgIpc) is 3.54. The number of nitriles is 1. The van der Waals surface area contributed by atoms with Crippen LogP contribution in [0.4, 0.5) is 0 Å². The number of piperidine rings is 1. The molecule has 9 heteroatoms. The van der Waals surface area contributed by atoms with Crippen LogP contribution < -0.4 is 20.7 Å². The zero-order valence-electron chi connectivity index (χ0n) is 19.4. The van der Waals surface area contributed by atoms with E-state index in [1.807, 2.05) is 25.1 Å². The first-order chi connectivity index (χ1) is 16.5. The highest BCUT2D eigenvalue weighted by Gasteiger charge is 2.33. The largest absolute Gasteiger partial charge is 0.493 e. The lowest BCUT2D eigenvalue weighted by molar-refractivity contribution is -0.128. The molecule has 1 saturated heterocycles. The molecular formula is C25H31N5O4. The van der Waals surface area contributed by atoms with Crippen molar-refractivity contribution in [2.24, 2.45) is 11.8 Å². The van der Waals surface area contributed by atoms with Crippen LogP contribution in [0.2, 0.25) is 0 Å². The zero-order chi connectivity index (χ0) is 24.1. The summed E-state index contributed by atoms with van der Waals surface area (Å²) in [5.41, 5.74) is 1.11. The molecule has 4 rings (SSSR count). The van der Waals surface area contributed by atoms with Crippen LogP contribution >= 0.6 is 0 Å². The molecule has 3 atom stereocenters. The number of hydrogen-bond donors (Lipinski definition) is 4. The van der Waals surface area contributed by atoms with Gasteiger partial charge in [0.25, 0.3) is 5.91 Å². The van der Waals surface area contributed by atoms with Gasteiger partial charge in [0.2, 0.25) is 11.8 Å². The van der Waals surface area contributed by atoms with E-state index < -0.39 is 18.0 Å². The lowest BCUT2D eigenvalue weighted by atomic mass is 9.92. The van der Waals surface area contributed by atoms with E-state index in [0.29, 0.717) is 43.4 Å². The van der Waals surface area contributed by atoms with Gasteiger partial charge in [-0.2, -0.15) is 5.26 Å². The third-order valence-corrected chi connectivity index (χ3v) is 6.45. The van der Waals surface area contributed by atoms with E-state index in [1.165, 1.54) is 0 Å². The van der Waals surface area contributed by atoms with Crippen LogP contribution in [0.25, 0.3) is 10.9 Å². The van der Waals surface area contributed by atoms with Crippen molar-refractivity contribution >= 4 is 28.6 Å². The van der Waals surface area contributed by atoms with Crippen LogP contribution in [0.1, 0.15) is 55.9 Å². The number of carbonyl (C=O) groups is 3. The second kappa shape index (κ2) is 10.6. The van der Waals surface area contributed by atoms with Crippen LogP contribution in [0.15, 0.2) is 24.3 Å². The molecule has 9 nitrogen and oxygen atoms in total. The fourth-order valence-electron chi connectivity index (χ4n) is 4.45. The highest BCUT2D eigenvalue weighted by molar-refractivity contribution is 6.01. The summed E-state index contributed by atoms with van der Waals surface area (Å²) in [5.74, 6) is -0.0808. The molecule has 34 heavy (non-hydrogen) atoms. The lowest BCUT2D eigenvalue weighted by Gasteiger charge is -2.25. The highest BCUT2D eigenvalue weighted by Crippen LogP contribution is 2.34. The molecule has 1 aliphatic carbocycles. The van der Waals surface area contributed by atoms with Crippen LogP contribution in [-0.4, -0.2) is 47.9 Å². The summed E-state index contributed by atoms with van der Waals surface area (Å²) in [7, 11) is 0. The first-order valence-corrected chi connectivity index (χ1v) is 12.0. The van der Waals surface area contributed by atoms with Crippen molar-refractivity contribution in [3.05, 3.63) is 30.0 Å². The molecule has 1 aromatic carbocycles. The lowest BCUT2D eigenvalue weighted by Crippen LogP contribution is -2.50. The summed E-state index contributed by atoms with van der Waals surface area (Å²) < 4.78 is 5.64. The summed E-state index contributed by atoms with van der Waals surface area (Å²) >= 11 is 0. The van der Waals surface area contributed by atoms with Crippen LogP contribution in [-0.2, 0) is 9.59 Å². The van der Waals surface area contributed by atoms with Gasteiger partial charge < -0.3 is 25.7 Å². The summed E-state index contributed by atoms with van der Waals surface area (Å²) in [6.07, 6.45) is 4.39. The molecule has 2 aliphatic rings. The molecule has 0 spiro atoms. The first-order valence-electron chi connectivity index (χ1n) is 12.0. The molecule has 3 amide bonds. The Labute approximate surface area is 198 Å². The maximum absolute atomic E-state index is 13.1. The van der Waals surface area contributed by atoms with E-state index in [1.54, 1.807) is 6.07 Å². The quantitative estimate of drug-likeness (QED) is 0.427. The Morgan fingerprint density at radius 1 is 1.24 bits per heavy atom. The van der Waals surface area contributed by atoms with Gasteiger partial charge in [0.15, 0.2) is 0 Å². The average molecular weight is 466 g/mol. The predicted octanol–water partition coefficient (Wildman–Crippen LogP) is 2.39. The van der Waals surface area contributed by atoms with Gasteiger partial charge in [-0.1, -0.05) is 18.9 Å². The Bertz CT molecular complexity index is 1100. The first kappa shape index (κ1) is 23.6. The highest BCUT2D eigenvalue weighted by atomic mass is 16.5. The minimum Gasteiger partial charge on any atom is -0.493 e. The Morgan fingerprint density at radius 2 is 2.06 bits per heavy atom. The standard InChI is InChI=1S/C25H31N5O4/c1-2-34-22-7-3-6-19-18(22)13-21(29-19)25(33)30-20(11-15-8-9-15)24(32)28-17(14-26)12-16-5-4-10-27-23(16)31/h3,6-7,13,15-17,20,29H,2,4-5,8-12H2,1H3,(H,27,31)(H,28,32)(H,30,33)/t16-,17-,20-/m0/s1. The molecule has 2 heterocycles. The number of nitrogens with one attached hydrogen (secondary N) is 4. The van der Waals surface area contributed by atoms with E-state index in [2.05, 4.69) is 27.0 Å². The maximum Gasteiger partial charge on any atom is 0.268 e. The van der Waals surface area contributed by atoms with E-state index in [0.717, 1.165) is 30.2 Å². The van der Waals surface area contributed by atoms with Gasteiger partial charge in [-0.05, 0) is 56.7 Å². The van der Waals surface area contributed by atoms with Crippen molar-refractivity contribution in [1.29, 1.82) is 5.26 Å². The van der Waals surface area contributed by atoms with Gasteiger partial charge in [-0.3, -0.25) is 14.4 Å². The van der Waals surface area contributed by atoms with E-state index >= 15 is 0 Å². The SMILES string of the molecule is CCOc1cccc2[nH]c(C(=O)N[C@@H](CC3CC3)C(=O)N[C@H](C#N)C[C@@H]3CCCNC3=O)cc12. The number of rotatable bonds is 10. The monoisotopic (exact) mass is 465 g/mol. The third-order valence-electron chi connectivity index (χ3n) is 6.45. The molecule has 1 saturated carbocycles. The number of amides is 3. The normalized spacial score (nSPS) is 19.5. The van der Waals surface area contributed by atoms with Crippen molar-refractivity contribution < 1.29 is 19.1 Å². The molecule has 2 fully saturated rings. The van der Waals surface area contributed by atoms with Crippen molar-refractivity contribution in [2.75, 3.05) is 13.2 Å². The Morgan fingerprint density at radius 3 is 2.76 bits per heavy atom. The fraction of sp³-hybridized carbons (Fsp3) is 0.520. The second-order valence-corrected chi connectivity index (χ2v) is 9.09. The van der Waals surface area contributed by atoms with Crippen LogP contribution in [0.5, 0.6) is 5.75 Å². The minimum atomic E-state index is -0.790. The van der Waals surface area contributed by atoms with E-state index in [4.69, 9.17) is 4.74 Å².